The van der Waals surface area contributed by atoms with Crippen molar-refractivity contribution in [1.82, 2.24) is 0 Å². The van der Waals surface area contributed by atoms with Crippen molar-refractivity contribution in [3.63, 3.8) is 0 Å². The average molecular weight is 398 g/mol. The number of anilines is 1. The van der Waals surface area contributed by atoms with Crippen molar-refractivity contribution in [1.29, 1.82) is 0 Å². The minimum atomic E-state index is -0.848. The van der Waals surface area contributed by atoms with E-state index in [4.69, 9.17) is 0 Å². The molecule has 0 spiro atoms. The number of hydrogen-bond donors (Lipinski definition) is 2. The zero-order chi connectivity index (χ0) is 17.1. The Labute approximate surface area is 155 Å². The van der Waals surface area contributed by atoms with Gasteiger partial charge in [-0.2, -0.15) is 0 Å². The quantitative estimate of drug-likeness (QED) is 0.708. The number of para-hydroxylation sites is 1. The standard InChI is InChI=1S/C21H20BrNO2/c22-14-4-1-3-13(10-14)19-18-12-8-7-11(9-12)17(18)15-5-2-6-16(21(24)25)20(15)23-19/h1-6,10-12,17-19,23H,7-9H2,(H,24,25)/t11-,12+,17-,18-,19-/m0/s1. The second-order valence-corrected chi connectivity index (χ2v) is 8.60. The lowest BCUT2D eigenvalue weighted by molar-refractivity contribution is 0.0697. The third-order valence-electron chi connectivity index (χ3n) is 6.56. The molecule has 2 saturated carbocycles. The van der Waals surface area contributed by atoms with Crippen molar-refractivity contribution in [2.24, 2.45) is 17.8 Å². The maximum Gasteiger partial charge on any atom is 0.337 e. The second kappa shape index (κ2) is 5.60. The summed E-state index contributed by atoms with van der Waals surface area (Å²) in [6.45, 7) is 0. The van der Waals surface area contributed by atoms with Gasteiger partial charge in [-0.05, 0) is 72.3 Å². The molecule has 2 N–H and O–H groups in total. The molecule has 3 aliphatic rings. The van der Waals surface area contributed by atoms with E-state index < -0.39 is 5.97 Å². The van der Waals surface area contributed by atoms with E-state index in [0.29, 0.717) is 23.3 Å². The molecular weight excluding hydrogens is 378 g/mol. The van der Waals surface area contributed by atoms with Crippen LogP contribution >= 0.6 is 15.9 Å². The number of carboxylic acids is 1. The van der Waals surface area contributed by atoms with Gasteiger partial charge in [-0.15, -0.1) is 0 Å². The van der Waals surface area contributed by atoms with Gasteiger partial charge >= 0.3 is 5.97 Å². The van der Waals surface area contributed by atoms with Crippen LogP contribution in [0.1, 0.15) is 52.7 Å². The predicted octanol–water partition coefficient (Wildman–Crippen LogP) is 5.44. The zero-order valence-electron chi connectivity index (χ0n) is 13.8. The third-order valence-corrected chi connectivity index (χ3v) is 7.05. The van der Waals surface area contributed by atoms with Gasteiger partial charge in [0.15, 0.2) is 0 Å². The van der Waals surface area contributed by atoms with Crippen LogP contribution in [0, 0.1) is 17.8 Å². The molecule has 2 aromatic carbocycles. The van der Waals surface area contributed by atoms with Crippen LogP contribution in [0.25, 0.3) is 0 Å². The Kier molecular flexibility index (Phi) is 3.46. The summed E-state index contributed by atoms with van der Waals surface area (Å²) in [6, 6.07) is 14.4. The maximum absolute atomic E-state index is 11.8. The van der Waals surface area contributed by atoms with Gasteiger partial charge in [0.25, 0.3) is 0 Å². The second-order valence-electron chi connectivity index (χ2n) is 7.69. The molecular formula is C21H20BrNO2. The van der Waals surface area contributed by atoms with Crippen molar-refractivity contribution in [3.05, 3.63) is 63.6 Å². The lowest BCUT2D eigenvalue weighted by Gasteiger charge is -2.44. The number of halogens is 1. The maximum atomic E-state index is 11.8. The molecule has 3 nitrogen and oxygen atoms in total. The Morgan fingerprint density at radius 2 is 1.92 bits per heavy atom. The molecule has 0 saturated heterocycles. The number of carboxylic acid groups (broad SMARTS) is 1. The highest BCUT2D eigenvalue weighted by molar-refractivity contribution is 9.10. The number of hydrogen-bond acceptors (Lipinski definition) is 2. The number of carbonyl (C=O) groups is 1. The monoisotopic (exact) mass is 397 g/mol. The van der Waals surface area contributed by atoms with Crippen LogP contribution in [0.2, 0.25) is 0 Å². The number of benzene rings is 2. The summed E-state index contributed by atoms with van der Waals surface area (Å²) < 4.78 is 1.07. The number of nitrogens with one attached hydrogen (secondary N) is 1. The molecule has 5 rings (SSSR count). The molecule has 5 atom stereocenters. The molecule has 128 valence electrons. The highest BCUT2D eigenvalue weighted by Gasteiger charge is 2.54. The highest BCUT2D eigenvalue weighted by Crippen LogP contribution is 2.64. The first kappa shape index (κ1) is 15.4. The minimum Gasteiger partial charge on any atom is -0.478 e. The van der Waals surface area contributed by atoms with E-state index in [0.717, 1.165) is 16.1 Å². The molecule has 0 unspecified atom stereocenters. The smallest absolute Gasteiger partial charge is 0.337 e. The van der Waals surface area contributed by atoms with E-state index in [1.165, 1.54) is 30.4 Å². The van der Waals surface area contributed by atoms with Gasteiger partial charge in [-0.1, -0.05) is 40.2 Å². The van der Waals surface area contributed by atoms with E-state index in [-0.39, 0.29) is 6.04 Å². The summed E-state index contributed by atoms with van der Waals surface area (Å²) >= 11 is 3.59. The molecule has 4 heteroatoms. The normalized spacial score (nSPS) is 32.0. The van der Waals surface area contributed by atoms with Crippen molar-refractivity contribution in [3.8, 4) is 0 Å². The lowest BCUT2D eigenvalue weighted by atomic mass is 9.67. The molecule has 25 heavy (non-hydrogen) atoms. The van der Waals surface area contributed by atoms with Crippen molar-refractivity contribution in [2.75, 3.05) is 5.32 Å². The number of aromatic carboxylic acids is 1. The molecule has 1 heterocycles. The molecule has 0 radical (unpaired) electrons. The van der Waals surface area contributed by atoms with Crippen LogP contribution in [-0.4, -0.2) is 11.1 Å². The molecule has 2 aliphatic carbocycles. The van der Waals surface area contributed by atoms with Gasteiger partial charge in [0, 0.05) is 4.47 Å². The summed E-state index contributed by atoms with van der Waals surface area (Å²) in [5, 5.41) is 13.3. The Bertz CT molecular complexity index is 865. The van der Waals surface area contributed by atoms with Crippen LogP contribution in [0.5, 0.6) is 0 Å². The van der Waals surface area contributed by atoms with E-state index in [1.807, 2.05) is 12.1 Å². The van der Waals surface area contributed by atoms with Gasteiger partial charge in [0.1, 0.15) is 0 Å². The largest absolute Gasteiger partial charge is 0.478 e. The zero-order valence-corrected chi connectivity index (χ0v) is 15.4. The van der Waals surface area contributed by atoms with Gasteiger partial charge in [-0.3, -0.25) is 0 Å². The number of rotatable bonds is 2. The van der Waals surface area contributed by atoms with E-state index in [9.17, 15) is 9.90 Å². The van der Waals surface area contributed by atoms with Crippen molar-refractivity contribution >= 4 is 27.6 Å². The highest BCUT2D eigenvalue weighted by atomic mass is 79.9. The third kappa shape index (κ3) is 2.27. The van der Waals surface area contributed by atoms with Gasteiger partial charge in [-0.25, -0.2) is 4.79 Å². The Hall–Kier alpha value is -1.81. The number of fused-ring (bicyclic) bond motifs is 7. The summed E-state index contributed by atoms with van der Waals surface area (Å²) in [7, 11) is 0. The fourth-order valence-electron chi connectivity index (χ4n) is 5.72. The van der Waals surface area contributed by atoms with E-state index in [2.05, 4.69) is 45.5 Å². The summed E-state index contributed by atoms with van der Waals surface area (Å²) in [4.78, 5) is 11.8. The van der Waals surface area contributed by atoms with Gasteiger partial charge < -0.3 is 10.4 Å². The first-order valence-electron chi connectivity index (χ1n) is 9.01. The minimum absolute atomic E-state index is 0.186. The van der Waals surface area contributed by atoms with Gasteiger partial charge in [0.2, 0.25) is 0 Å². The van der Waals surface area contributed by atoms with Gasteiger partial charge in [0.05, 0.1) is 17.3 Å². The predicted molar refractivity (Wildman–Crippen MR) is 101 cm³/mol. The summed E-state index contributed by atoms with van der Waals surface area (Å²) in [6.07, 6.45) is 3.89. The van der Waals surface area contributed by atoms with Crippen LogP contribution in [0.4, 0.5) is 5.69 Å². The summed E-state index contributed by atoms with van der Waals surface area (Å²) in [5.41, 5.74) is 3.72. The Balaban J connectivity index is 1.68. The topological polar surface area (TPSA) is 49.3 Å². The van der Waals surface area contributed by atoms with Crippen LogP contribution in [0.3, 0.4) is 0 Å². The molecule has 2 aromatic rings. The molecule has 2 fully saturated rings. The summed E-state index contributed by atoms with van der Waals surface area (Å²) in [5.74, 6) is 1.64. The van der Waals surface area contributed by atoms with Crippen molar-refractivity contribution in [2.45, 2.75) is 31.2 Å². The average Bonchev–Trinajstić information content (AvgIpc) is 3.22. The Morgan fingerprint density at radius 3 is 2.72 bits per heavy atom. The molecule has 1 aliphatic heterocycles. The van der Waals surface area contributed by atoms with Crippen LogP contribution in [0.15, 0.2) is 46.9 Å². The molecule has 0 aromatic heterocycles. The first-order chi connectivity index (χ1) is 12.1. The van der Waals surface area contributed by atoms with Crippen LogP contribution in [-0.2, 0) is 0 Å². The fourth-order valence-corrected chi connectivity index (χ4v) is 6.14. The first-order valence-corrected chi connectivity index (χ1v) is 9.81. The van der Waals surface area contributed by atoms with Crippen LogP contribution < -0.4 is 5.32 Å². The molecule has 2 bridgehead atoms. The van der Waals surface area contributed by atoms with E-state index in [1.54, 1.807) is 6.07 Å². The molecule has 0 amide bonds. The van der Waals surface area contributed by atoms with Crippen molar-refractivity contribution < 1.29 is 9.90 Å². The lowest BCUT2D eigenvalue weighted by Crippen LogP contribution is -2.36. The van der Waals surface area contributed by atoms with E-state index >= 15 is 0 Å². The Morgan fingerprint density at radius 1 is 1.12 bits per heavy atom. The fraction of sp³-hybridized carbons (Fsp3) is 0.381. The SMILES string of the molecule is O=C(O)c1cccc2c1N[C@@H](c1cccc(Br)c1)[C@H]1[C@@H]3CC[C@@H](C3)[C@@H]21.